The molecule has 0 unspecified atom stereocenters. The standard InChI is InChI=1S/C22H22ClN3O5/c23-15-8-4-7-14(9-15)11-18(22(30)31)24-19(27)12-17-21(29)25-16(20(28)26-17)10-13-5-2-1-3-6-13/h1-9,16-18H,10-12H2,(H,24,27)(H,25,29)(H,26,28)(H,30,31)/t16-,17-,18+/m0/s1. The van der Waals surface area contributed by atoms with Crippen molar-refractivity contribution < 1.29 is 24.3 Å². The predicted molar refractivity (Wildman–Crippen MR) is 113 cm³/mol. The van der Waals surface area contributed by atoms with Crippen LogP contribution in [0, 0.1) is 0 Å². The maximum atomic E-state index is 12.4. The molecule has 2 aromatic rings. The molecule has 1 fully saturated rings. The smallest absolute Gasteiger partial charge is 0.326 e. The van der Waals surface area contributed by atoms with Crippen molar-refractivity contribution >= 4 is 35.3 Å². The molecule has 3 rings (SSSR count). The van der Waals surface area contributed by atoms with Gasteiger partial charge in [0.15, 0.2) is 0 Å². The average Bonchev–Trinajstić information content (AvgIpc) is 2.72. The monoisotopic (exact) mass is 443 g/mol. The molecule has 1 saturated heterocycles. The molecule has 1 aliphatic rings. The first-order valence-electron chi connectivity index (χ1n) is 9.73. The Bertz CT molecular complexity index is 982. The maximum Gasteiger partial charge on any atom is 0.326 e. The highest BCUT2D eigenvalue weighted by atomic mass is 35.5. The van der Waals surface area contributed by atoms with Crippen LogP contribution in [-0.2, 0) is 32.0 Å². The molecule has 4 N–H and O–H groups in total. The molecule has 0 radical (unpaired) electrons. The molecular formula is C22H22ClN3O5. The van der Waals surface area contributed by atoms with Crippen molar-refractivity contribution in [1.82, 2.24) is 16.0 Å². The van der Waals surface area contributed by atoms with Crippen LogP contribution in [0.4, 0.5) is 0 Å². The van der Waals surface area contributed by atoms with Crippen LogP contribution in [0.2, 0.25) is 5.02 Å². The first-order chi connectivity index (χ1) is 14.8. The van der Waals surface area contributed by atoms with Crippen LogP contribution in [-0.4, -0.2) is 46.9 Å². The van der Waals surface area contributed by atoms with Gasteiger partial charge in [0.2, 0.25) is 17.7 Å². The third-order valence-corrected chi connectivity index (χ3v) is 5.14. The largest absolute Gasteiger partial charge is 0.480 e. The van der Waals surface area contributed by atoms with Crippen molar-refractivity contribution in [3.05, 3.63) is 70.7 Å². The van der Waals surface area contributed by atoms with Crippen molar-refractivity contribution in [3.63, 3.8) is 0 Å². The molecule has 31 heavy (non-hydrogen) atoms. The molecule has 2 aromatic carbocycles. The van der Waals surface area contributed by atoms with Crippen LogP contribution < -0.4 is 16.0 Å². The predicted octanol–water partition coefficient (Wildman–Crippen LogP) is 1.07. The van der Waals surface area contributed by atoms with Gasteiger partial charge in [0, 0.05) is 17.9 Å². The van der Waals surface area contributed by atoms with Crippen molar-refractivity contribution in [2.24, 2.45) is 0 Å². The zero-order valence-electron chi connectivity index (χ0n) is 16.5. The summed E-state index contributed by atoms with van der Waals surface area (Å²) in [6, 6.07) is 12.9. The quantitative estimate of drug-likeness (QED) is 0.485. The summed E-state index contributed by atoms with van der Waals surface area (Å²) in [5.41, 5.74) is 1.54. The van der Waals surface area contributed by atoms with E-state index in [-0.39, 0.29) is 12.8 Å². The Balaban J connectivity index is 1.56. The van der Waals surface area contributed by atoms with Gasteiger partial charge >= 0.3 is 5.97 Å². The average molecular weight is 444 g/mol. The van der Waals surface area contributed by atoms with Gasteiger partial charge in [-0.3, -0.25) is 14.4 Å². The van der Waals surface area contributed by atoms with Gasteiger partial charge in [0.25, 0.3) is 0 Å². The lowest BCUT2D eigenvalue weighted by atomic mass is 10.0. The molecular weight excluding hydrogens is 422 g/mol. The zero-order valence-corrected chi connectivity index (χ0v) is 17.3. The Hall–Kier alpha value is -3.39. The third kappa shape index (κ3) is 6.29. The summed E-state index contributed by atoms with van der Waals surface area (Å²) in [5, 5.41) is 17.5. The normalized spacial score (nSPS) is 19.1. The molecule has 3 amide bonds. The van der Waals surface area contributed by atoms with E-state index in [0.29, 0.717) is 17.0 Å². The highest BCUT2D eigenvalue weighted by molar-refractivity contribution is 6.30. The first-order valence-corrected chi connectivity index (χ1v) is 10.1. The number of carboxylic acid groups (broad SMARTS) is 1. The maximum absolute atomic E-state index is 12.4. The molecule has 8 nitrogen and oxygen atoms in total. The van der Waals surface area contributed by atoms with Crippen LogP contribution in [0.15, 0.2) is 54.6 Å². The topological polar surface area (TPSA) is 125 Å². The van der Waals surface area contributed by atoms with E-state index in [4.69, 9.17) is 11.6 Å². The molecule has 1 heterocycles. The Morgan fingerprint density at radius 3 is 2.29 bits per heavy atom. The van der Waals surface area contributed by atoms with Crippen LogP contribution in [0.3, 0.4) is 0 Å². The lowest BCUT2D eigenvalue weighted by Crippen LogP contribution is -2.63. The van der Waals surface area contributed by atoms with Gasteiger partial charge < -0.3 is 21.1 Å². The van der Waals surface area contributed by atoms with Crippen molar-refractivity contribution in [2.75, 3.05) is 0 Å². The van der Waals surface area contributed by atoms with Crippen LogP contribution in [0.1, 0.15) is 17.5 Å². The van der Waals surface area contributed by atoms with Crippen molar-refractivity contribution in [3.8, 4) is 0 Å². The van der Waals surface area contributed by atoms with E-state index in [0.717, 1.165) is 5.56 Å². The second-order valence-corrected chi connectivity index (χ2v) is 7.75. The number of carbonyl (C=O) groups is 4. The van der Waals surface area contributed by atoms with E-state index < -0.39 is 41.8 Å². The van der Waals surface area contributed by atoms with Gasteiger partial charge in [0.1, 0.15) is 18.1 Å². The first kappa shape index (κ1) is 22.3. The fourth-order valence-electron chi connectivity index (χ4n) is 3.35. The number of amides is 3. The SMILES string of the molecule is O=C(C[C@@H]1NC(=O)[C@H](Cc2ccccc2)NC1=O)N[C@H](Cc1cccc(Cl)c1)C(=O)O. The molecule has 0 spiro atoms. The number of carbonyl (C=O) groups excluding carboxylic acids is 3. The number of benzene rings is 2. The van der Waals surface area contributed by atoms with E-state index in [1.807, 2.05) is 30.3 Å². The van der Waals surface area contributed by atoms with Gasteiger partial charge in [-0.15, -0.1) is 0 Å². The lowest BCUT2D eigenvalue weighted by Gasteiger charge is -2.29. The number of hydrogen-bond donors (Lipinski definition) is 4. The Morgan fingerprint density at radius 1 is 0.968 bits per heavy atom. The lowest BCUT2D eigenvalue weighted by molar-refractivity contribution is -0.142. The molecule has 0 aliphatic carbocycles. The van der Waals surface area contributed by atoms with Crippen molar-refractivity contribution in [2.45, 2.75) is 37.4 Å². The number of rotatable bonds is 8. The summed E-state index contributed by atoms with van der Waals surface area (Å²) in [6.07, 6.45) is -0.00296. The Morgan fingerprint density at radius 2 is 1.61 bits per heavy atom. The summed E-state index contributed by atoms with van der Waals surface area (Å²) in [5.74, 6) is -2.75. The zero-order chi connectivity index (χ0) is 22.4. The van der Waals surface area contributed by atoms with E-state index in [1.165, 1.54) is 0 Å². The minimum Gasteiger partial charge on any atom is -0.480 e. The van der Waals surface area contributed by atoms with Gasteiger partial charge in [0.05, 0.1) is 6.42 Å². The minimum absolute atomic E-state index is 0.0318. The summed E-state index contributed by atoms with van der Waals surface area (Å²) in [4.78, 5) is 48.7. The minimum atomic E-state index is -1.21. The fraction of sp³-hybridized carbons (Fsp3) is 0.273. The van der Waals surface area contributed by atoms with Crippen LogP contribution in [0.5, 0.6) is 0 Å². The molecule has 3 atom stereocenters. The highest BCUT2D eigenvalue weighted by Crippen LogP contribution is 2.13. The molecule has 0 bridgehead atoms. The number of halogens is 1. The van der Waals surface area contributed by atoms with Crippen LogP contribution >= 0.6 is 11.6 Å². The second-order valence-electron chi connectivity index (χ2n) is 7.31. The number of aliphatic carboxylic acids is 1. The van der Waals surface area contributed by atoms with Gasteiger partial charge in [-0.1, -0.05) is 54.1 Å². The van der Waals surface area contributed by atoms with E-state index in [9.17, 15) is 24.3 Å². The summed E-state index contributed by atoms with van der Waals surface area (Å²) in [7, 11) is 0. The molecule has 0 aromatic heterocycles. The van der Waals surface area contributed by atoms with E-state index in [2.05, 4.69) is 16.0 Å². The van der Waals surface area contributed by atoms with Crippen molar-refractivity contribution in [1.29, 1.82) is 0 Å². The van der Waals surface area contributed by atoms with E-state index in [1.54, 1.807) is 24.3 Å². The Kier molecular flexibility index (Phi) is 7.25. The summed E-state index contributed by atoms with van der Waals surface area (Å²) < 4.78 is 0. The second kappa shape index (κ2) is 10.1. The number of piperazine rings is 1. The highest BCUT2D eigenvalue weighted by Gasteiger charge is 2.35. The summed E-state index contributed by atoms with van der Waals surface area (Å²) in [6.45, 7) is 0. The molecule has 9 heteroatoms. The van der Waals surface area contributed by atoms with Crippen LogP contribution in [0.25, 0.3) is 0 Å². The van der Waals surface area contributed by atoms with Gasteiger partial charge in [-0.2, -0.15) is 0 Å². The number of hydrogen-bond acceptors (Lipinski definition) is 4. The van der Waals surface area contributed by atoms with Gasteiger partial charge in [-0.05, 0) is 23.3 Å². The van der Waals surface area contributed by atoms with E-state index >= 15 is 0 Å². The third-order valence-electron chi connectivity index (χ3n) is 4.90. The number of nitrogens with one attached hydrogen (secondary N) is 3. The van der Waals surface area contributed by atoms with Gasteiger partial charge in [-0.25, -0.2) is 4.79 Å². The Labute approximate surface area is 184 Å². The molecule has 1 aliphatic heterocycles. The summed E-state index contributed by atoms with van der Waals surface area (Å²) >= 11 is 5.92. The molecule has 162 valence electrons. The number of carboxylic acids is 1. The fourth-order valence-corrected chi connectivity index (χ4v) is 3.56. The molecule has 0 saturated carbocycles.